The van der Waals surface area contributed by atoms with Gasteiger partial charge in [0, 0.05) is 0 Å². The van der Waals surface area contributed by atoms with Crippen LogP contribution in [0.2, 0.25) is 0 Å². The average molecular weight is 208 g/mol. The van der Waals surface area contributed by atoms with Crippen molar-refractivity contribution in [1.82, 2.24) is 0 Å². The molecule has 0 bridgehead atoms. The third-order valence-corrected chi connectivity index (χ3v) is 2.31. The van der Waals surface area contributed by atoms with E-state index in [0.717, 1.165) is 11.3 Å². The lowest BCUT2D eigenvalue weighted by atomic mass is 9.98. The highest BCUT2D eigenvalue weighted by Crippen LogP contribution is 2.16. The van der Waals surface area contributed by atoms with E-state index in [0.29, 0.717) is 19.1 Å². The minimum atomic E-state index is -1.23. The normalized spacial score (nSPS) is 14.3. The molecule has 82 valence electrons. The fraction of sp³-hybridized carbons (Fsp3) is 0.417. The van der Waals surface area contributed by atoms with Crippen molar-refractivity contribution in [2.24, 2.45) is 0 Å². The summed E-state index contributed by atoms with van der Waals surface area (Å²) in [6.07, 6.45) is 1.65. The highest BCUT2D eigenvalue weighted by atomic mass is 16.5. The van der Waals surface area contributed by atoms with Crippen LogP contribution in [-0.4, -0.2) is 24.1 Å². The third kappa shape index (κ3) is 3.72. The number of benzene rings is 1. The van der Waals surface area contributed by atoms with Crippen molar-refractivity contribution in [3.8, 4) is 5.75 Å². The van der Waals surface area contributed by atoms with Gasteiger partial charge in [-0.25, -0.2) is 0 Å². The van der Waals surface area contributed by atoms with Gasteiger partial charge in [-0.1, -0.05) is 12.1 Å². The van der Waals surface area contributed by atoms with E-state index < -0.39 is 5.60 Å². The molecule has 0 aliphatic heterocycles. The van der Waals surface area contributed by atoms with Crippen LogP contribution in [0, 0.1) is 0 Å². The number of carbonyl (C=O) groups excluding carboxylic acids is 1. The Bertz CT molecular complexity index is 331. The van der Waals surface area contributed by atoms with Gasteiger partial charge >= 0.3 is 0 Å². The maximum atomic E-state index is 10.5. The Kier molecular flexibility index (Phi) is 3.86. The topological polar surface area (TPSA) is 46.5 Å². The molecule has 3 heteroatoms. The molecule has 0 fully saturated rings. The molecule has 1 rings (SSSR count). The van der Waals surface area contributed by atoms with Gasteiger partial charge in [0.25, 0.3) is 0 Å². The molecule has 0 aliphatic carbocycles. The van der Waals surface area contributed by atoms with Crippen LogP contribution in [0.3, 0.4) is 0 Å². The minimum Gasteiger partial charge on any atom is -0.497 e. The minimum absolute atomic E-state index is 0.420. The van der Waals surface area contributed by atoms with Crippen LogP contribution >= 0.6 is 0 Å². The highest BCUT2D eigenvalue weighted by Gasteiger charge is 2.18. The second-order valence-corrected chi connectivity index (χ2v) is 3.83. The number of rotatable bonds is 5. The summed E-state index contributed by atoms with van der Waals surface area (Å²) >= 11 is 0. The molecule has 0 saturated heterocycles. The van der Waals surface area contributed by atoms with Crippen molar-refractivity contribution in [2.75, 3.05) is 7.11 Å². The first-order chi connectivity index (χ1) is 7.07. The lowest BCUT2D eigenvalue weighted by molar-refractivity contribution is -0.122. The van der Waals surface area contributed by atoms with Crippen LogP contribution in [0.25, 0.3) is 0 Å². The standard InChI is InChI=1S/C12H16O3/c1-12(14,9-13)7-6-10-4-3-5-11(8-10)15-2/h3-5,8-9,14H,6-7H2,1-2H3. The van der Waals surface area contributed by atoms with Gasteiger partial charge in [-0.2, -0.15) is 0 Å². The van der Waals surface area contributed by atoms with Gasteiger partial charge in [0.05, 0.1) is 7.11 Å². The molecule has 0 amide bonds. The molecule has 1 aromatic carbocycles. The predicted octanol–water partition coefficient (Wildman–Crippen LogP) is 1.58. The maximum absolute atomic E-state index is 10.5. The summed E-state index contributed by atoms with van der Waals surface area (Å²) in [6.45, 7) is 1.51. The molecule has 0 aliphatic rings. The molecule has 15 heavy (non-hydrogen) atoms. The summed E-state index contributed by atoms with van der Waals surface area (Å²) in [4.78, 5) is 10.5. The van der Waals surface area contributed by atoms with Gasteiger partial charge in [-0.3, -0.25) is 0 Å². The summed E-state index contributed by atoms with van der Waals surface area (Å²) in [7, 11) is 1.61. The van der Waals surface area contributed by atoms with Gasteiger partial charge in [-0.15, -0.1) is 0 Å². The number of methoxy groups -OCH3 is 1. The quantitative estimate of drug-likeness (QED) is 0.747. The number of aliphatic hydroxyl groups is 1. The maximum Gasteiger partial charge on any atom is 0.151 e. The van der Waals surface area contributed by atoms with Crippen LogP contribution in [-0.2, 0) is 11.2 Å². The van der Waals surface area contributed by atoms with E-state index in [-0.39, 0.29) is 0 Å². The van der Waals surface area contributed by atoms with Gasteiger partial charge in [-0.05, 0) is 37.5 Å². The van der Waals surface area contributed by atoms with Crippen molar-refractivity contribution in [1.29, 1.82) is 0 Å². The lowest BCUT2D eigenvalue weighted by Gasteiger charge is -2.15. The van der Waals surface area contributed by atoms with Crippen molar-refractivity contribution in [2.45, 2.75) is 25.4 Å². The van der Waals surface area contributed by atoms with Crippen molar-refractivity contribution < 1.29 is 14.6 Å². The van der Waals surface area contributed by atoms with Gasteiger partial charge in [0.2, 0.25) is 0 Å². The Labute approximate surface area is 89.7 Å². The first-order valence-corrected chi connectivity index (χ1v) is 4.89. The molecule has 0 aromatic heterocycles. The Morgan fingerprint density at radius 1 is 1.53 bits per heavy atom. The zero-order chi connectivity index (χ0) is 11.3. The van der Waals surface area contributed by atoms with E-state index in [1.165, 1.54) is 6.92 Å². The van der Waals surface area contributed by atoms with Crippen LogP contribution in [0.4, 0.5) is 0 Å². The van der Waals surface area contributed by atoms with E-state index in [1.807, 2.05) is 24.3 Å². The summed E-state index contributed by atoms with van der Waals surface area (Å²) in [5, 5.41) is 9.51. The second-order valence-electron chi connectivity index (χ2n) is 3.83. The van der Waals surface area contributed by atoms with Crippen LogP contribution in [0.15, 0.2) is 24.3 Å². The number of hydrogen-bond acceptors (Lipinski definition) is 3. The number of hydrogen-bond donors (Lipinski definition) is 1. The van der Waals surface area contributed by atoms with E-state index in [4.69, 9.17) is 4.74 Å². The SMILES string of the molecule is COc1cccc(CCC(C)(O)C=O)c1. The molecule has 1 atom stereocenters. The molecule has 0 radical (unpaired) electrons. The predicted molar refractivity (Wildman–Crippen MR) is 58.0 cm³/mol. The molecule has 1 aromatic rings. The Morgan fingerprint density at radius 3 is 2.87 bits per heavy atom. The van der Waals surface area contributed by atoms with Crippen LogP contribution in [0.5, 0.6) is 5.75 Å². The van der Waals surface area contributed by atoms with Crippen LogP contribution < -0.4 is 4.74 Å². The first-order valence-electron chi connectivity index (χ1n) is 4.89. The number of carbonyl (C=O) groups is 1. The van der Waals surface area contributed by atoms with E-state index in [2.05, 4.69) is 0 Å². The van der Waals surface area contributed by atoms with E-state index in [9.17, 15) is 9.90 Å². The smallest absolute Gasteiger partial charge is 0.151 e. The molecular weight excluding hydrogens is 192 g/mol. The van der Waals surface area contributed by atoms with Crippen molar-refractivity contribution >= 4 is 6.29 Å². The molecular formula is C12H16O3. The Morgan fingerprint density at radius 2 is 2.27 bits per heavy atom. The van der Waals surface area contributed by atoms with Crippen molar-refractivity contribution in [3.05, 3.63) is 29.8 Å². The number of aldehydes is 1. The zero-order valence-corrected chi connectivity index (χ0v) is 9.06. The summed E-state index contributed by atoms with van der Waals surface area (Å²) in [6, 6.07) is 7.61. The second kappa shape index (κ2) is 4.94. The zero-order valence-electron chi connectivity index (χ0n) is 9.06. The third-order valence-electron chi connectivity index (χ3n) is 2.31. The molecule has 1 unspecified atom stereocenters. The summed E-state index contributed by atoms with van der Waals surface area (Å²) in [5.41, 5.74) is -0.181. The number of aryl methyl sites for hydroxylation is 1. The largest absolute Gasteiger partial charge is 0.497 e. The molecule has 0 spiro atoms. The van der Waals surface area contributed by atoms with Gasteiger partial charge in [0.15, 0.2) is 6.29 Å². The number of ether oxygens (including phenoxy) is 1. The fourth-order valence-corrected chi connectivity index (χ4v) is 1.28. The Balaban J connectivity index is 2.61. The molecule has 1 N–H and O–H groups in total. The Hall–Kier alpha value is -1.35. The first kappa shape index (κ1) is 11.7. The summed E-state index contributed by atoms with van der Waals surface area (Å²) in [5.74, 6) is 0.790. The van der Waals surface area contributed by atoms with Gasteiger partial charge in [0.1, 0.15) is 11.4 Å². The van der Waals surface area contributed by atoms with Gasteiger partial charge < -0.3 is 14.6 Å². The lowest BCUT2D eigenvalue weighted by Crippen LogP contribution is -2.26. The molecule has 3 nitrogen and oxygen atoms in total. The van der Waals surface area contributed by atoms with E-state index >= 15 is 0 Å². The summed E-state index contributed by atoms with van der Waals surface area (Å²) < 4.78 is 5.08. The highest BCUT2D eigenvalue weighted by molar-refractivity contribution is 5.61. The monoisotopic (exact) mass is 208 g/mol. The van der Waals surface area contributed by atoms with Crippen molar-refractivity contribution in [3.63, 3.8) is 0 Å². The molecule has 0 saturated carbocycles. The van der Waals surface area contributed by atoms with E-state index in [1.54, 1.807) is 7.11 Å². The fourth-order valence-electron chi connectivity index (χ4n) is 1.28. The van der Waals surface area contributed by atoms with Crippen LogP contribution in [0.1, 0.15) is 18.9 Å². The average Bonchev–Trinajstić information content (AvgIpc) is 2.27. The molecule has 0 heterocycles.